The Morgan fingerprint density at radius 2 is 2.00 bits per heavy atom. The van der Waals surface area contributed by atoms with Crippen molar-refractivity contribution >= 4 is 22.6 Å². The number of carbonyl (C=O) groups is 1. The number of ether oxygens (including phenoxy) is 2. The summed E-state index contributed by atoms with van der Waals surface area (Å²) in [6.07, 6.45) is 2.98. The molecule has 2 amide bonds. The van der Waals surface area contributed by atoms with Gasteiger partial charge in [-0.05, 0) is 48.7 Å². The fraction of sp³-hybridized carbons (Fsp3) is 0.417. The van der Waals surface area contributed by atoms with Crippen LogP contribution in [0.3, 0.4) is 0 Å². The lowest BCUT2D eigenvalue weighted by Crippen LogP contribution is -2.38. The van der Waals surface area contributed by atoms with E-state index in [2.05, 4.69) is 33.1 Å². The van der Waals surface area contributed by atoms with Crippen LogP contribution in [0.5, 0.6) is 5.75 Å². The predicted octanol–water partition coefficient (Wildman–Crippen LogP) is 2.68. The molecular formula is C24H33N5O4. The highest BCUT2D eigenvalue weighted by molar-refractivity contribution is 5.92. The number of aliphatic hydroxyl groups is 1. The van der Waals surface area contributed by atoms with Gasteiger partial charge in [0, 0.05) is 37.3 Å². The van der Waals surface area contributed by atoms with Crippen LogP contribution in [0.2, 0.25) is 0 Å². The summed E-state index contributed by atoms with van der Waals surface area (Å²) in [7, 11) is 0. The zero-order valence-corrected chi connectivity index (χ0v) is 19.0. The molecule has 3 rings (SSSR count). The van der Waals surface area contributed by atoms with Gasteiger partial charge in [-0.1, -0.05) is 19.1 Å². The van der Waals surface area contributed by atoms with Crippen LogP contribution in [-0.2, 0) is 11.2 Å². The van der Waals surface area contributed by atoms with Crippen LogP contribution in [0.4, 0.5) is 10.5 Å². The van der Waals surface area contributed by atoms with Gasteiger partial charge in [-0.3, -0.25) is 5.10 Å². The van der Waals surface area contributed by atoms with E-state index in [0.29, 0.717) is 25.3 Å². The van der Waals surface area contributed by atoms with E-state index in [0.717, 1.165) is 42.7 Å². The van der Waals surface area contributed by atoms with E-state index >= 15 is 0 Å². The van der Waals surface area contributed by atoms with E-state index in [-0.39, 0.29) is 12.6 Å². The fourth-order valence-electron chi connectivity index (χ4n) is 3.16. The summed E-state index contributed by atoms with van der Waals surface area (Å²) in [4.78, 5) is 12.0. The number of benzene rings is 2. The van der Waals surface area contributed by atoms with Gasteiger partial charge in [0.05, 0.1) is 18.3 Å². The number of amides is 2. The molecule has 0 aliphatic heterocycles. The standard InChI is InChI=1S/C24H33N5O4/c1-2-12-32-13-9-18-3-7-22(8-4-18)33-17-21(30)16-25-10-11-26-24(31)28-20-6-5-19-15-27-29-23(19)14-20/h3-8,14-15,21,25,30H,2,9-13,16-17H2,1H3,(H,27,29)(H2,26,28,31). The molecule has 9 nitrogen and oxygen atoms in total. The number of carbonyl (C=O) groups excluding carboxylic acids is 1. The highest BCUT2D eigenvalue weighted by atomic mass is 16.5. The molecule has 0 aliphatic carbocycles. The Kier molecular flexibility index (Phi) is 9.96. The molecule has 178 valence electrons. The molecule has 2 aromatic carbocycles. The van der Waals surface area contributed by atoms with Crippen LogP contribution in [0, 0.1) is 0 Å². The van der Waals surface area contributed by atoms with Gasteiger partial charge in [-0.15, -0.1) is 0 Å². The number of hydrogen-bond donors (Lipinski definition) is 5. The van der Waals surface area contributed by atoms with Gasteiger partial charge in [0.2, 0.25) is 0 Å². The topological polar surface area (TPSA) is 121 Å². The molecule has 3 aromatic rings. The van der Waals surface area contributed by atoms with Gasteiger partial charge in [-0.2, -0.15) is 5.10 Å². The molecule has 0 fully saturated rings. The predicted molar refractivity (Wildman–Crippen MR) is 129 cm³/mol. The molecule has 0 spiro atoms. The maximum Gasteiger partial charge on any atom is 0.319 e. The van der Waals surface area contributed by atoms with Crippen LogP contribution in [0.1, 0.15) is 18.9 Å². The summed E-state index contributed by atoms with van der Waals surface area (Å²) in [5.41, 5.74) is 2.74. The smallest absolute Gasteiger partial charge is 0.319 e. The van der Waals surface area contributed by atoms with Crippen molar-refractivity contribution in [1.29, 1.82) is 0 Å². The Hall–Kier alpha value is -3.14. The lowest BCUT2D eigenvalue weighted by atomic mass is 10.1. The normalized spacial score (nSPS) is 11.9. The van der Waals surface area contributed by atoms with E-state index in [1.54, 1.807) is 6.20 Å². The van der Waals surface area contributed by atoms with Gasteiger partial charge in [-0.25, -0.2) is 4.79 Å². The number of nitrogens with one attached hydrogen (secondary N) is 4. The minimum absolute atomic E-state index is 0.190. The number of H-pyrrole nitrogens is 1. The fourth-order valence-corrected chi connectivity index (χ4v) is 3.16. The highest BCUT2D eigenvalue weighted by Gasteiger charge is 2.06. The average Bonchev–Trinajstić information content (AvgIpc) is 3.29. The van der Waals surface area contributed by atoms with Crippen molar-refractivity contribution in [2.24, 2.45) is 0 Å². The molecule has 0 aliphatic rings. The van der Waals surface area contributed by atoms with Gasteiger partial charge >= 0.3 is 6.03 Å². The Balaban J connectivity index is 1.23. The first-order chi connectivity index (χ1) is 16.1. The number of anilines is 1. The summed E-state index contributed by atoms with van der Waals surface area (Å²) in [6.45, 7) is 5.11. The van der Waals surface area contributed by atoms with Gasteiger partial charge in [0.15, 0.2) is 0 Å². The molecule has 0 saturated heterocycles. The highest BCUT2D eigenvalue weighted by Crippen LogP contribution is 2.16. The molecule has 5 N–H and O–H groups in total. The largest absolute Gasteiger partial charge is 0.491 e. The summed E-state index contributed by atoms with van der Waals surface area (Å²) in [5, 5.41) is 26.6. The molecule has 1 unspecified atom stereocenters. The molecule has 1 aromatic heterocycles. The Labute approximate surface area is 193 Å². The first kappa shape index (κ1) is 24.5. The number of rotatable bonds is 14. The van der Waals surface area contributed by atoms with Crippen molar-refractivity contribution in [2.75, 3.05) is 44.8 Å². The number of fused-ring (bicyclic) bond motifs is 1. The first-order valence-electron chi connectivity index (χ1n) is 11.3. The Bertz CT molecular complexity index is 976. The number of aromatic amines is 1. The minimum Gasteiger partial charge on any atom is -0.491 e. The van der Waals surface area contributed by atoms with E-state index < -0.39 is 6.10 Å². The summed E-state index contributed by atoms with van der Waals surface area (Å²) in [5.74, 6) is 0.721. The second-order valence-electron chi connectivity index (χ2n) is 7.73. The second kappa shape index (κ2) is 13.4. The van der Waals surface area contributed by atoms with Gasteiger partial charge in [0.1, 0.15) is 18.5 Å². The second-order valence-corrected chi connectivity index (χ2v) is 7.73. The lowest BCUT2D eigenvalue weighted by Gasteiger charge is -2.14. The van der Waals surface area contributed by atoms with Crippen LogP contribution in [0.25, 0.3) is 10.9 Å². The van der Waals surface area contributed by atoms with Gasteiger partial charge in [0.25, 0.3) is 0 Å². The van der Waals surface area contributed by atoms with Crippen molar-refractivity contribution in [2.45, 2.75) is 25.9 Å². The van der Waals surface area contributed by atoms with Crippen LogP contribution in [0.15, 0.2) is 48.7 Å². The molecular weight excluding hydrogens is 422 g/mol. The van der Waals surface area contributed by atoms with Crippen molar-refractivity contribution in [3.63, 3.8) is 0 Å². The zero-order chi connectivity index (χ0) is 23.3. The summed E-state index contributed by atoms with van der Waals surface area (Å²) >= 11 is 0. The van der Waals surface area contributed by atoms with E-state index in [4.69, 9.17) is 9.47 Å². The molecule has 9 heteroatoms. The number of hydrogen-bond acceptors (Lipinski definition) is 6. The minimum atomic E-state index is -0.651. The quantitative estimate of drug-likeness (QED) is 0.238. The van der Waals surface area contributed by atoms with Gasteiger partial charge < -0.3 is 30.5 Å². The monoisotopic (exact) mass is 455 g/mol. The first-order valence-corrected chi connectivity index (χ1v) is 11.3. The van der Waals surface area contributed by atoms with E-state index in [1.165, 1.54) is 5.56 Å². The molecule has 0 saturated carbocycles. The van der Waals surface area contributed by atoms with Crippen LogP contribution in [-0.4, -0.2) is 66.9 Å². The average molecular weight is 456 g/mol. The third kappa shape index (κ3) is 8.72. The molecule has 1 heterocycles. The molecule has 0 bridgehead atoms. The van der Waals surface area contributed by atoms with Crippen molar-refractivity contribution in [3.8, 4) is 5.75 Å². The molecule has 33 heavy (non-hydrogen) atoms. The third-order valence-corrected chi connectivity index (χ3v) is 4.92. The summed E-state index contributed by atoms with van der Waals surface area (Å²) < 4.78 is 11.1. The maximum atomic E-state index is 12.0. The van der Waals surface area contributed by atoms with Crippen molar-refractivity contribution < 1.29 is 19.4 Å². The zero-order valence-electron chi connectivity index (χ0n) is 19.0. The third-order valence-electron chi connectivity index (χ3n) is 4.92. The number of aliphatic hydroxyl groups excluding tert-OH is 1. The lowest BCUT2D eigenvalue weighted by molar-refractivity contribution is 0.106. The number of aromatic nitrogens is 2. The maximum absolute atomic E-state index is 12.0. The van der Waals surface area contributed by atoms with Crippen LogP contribution >= 0.6 is 0 Å². The van der Waals surface area contributed by atoms with Crippen LogP contribution < -0.4 is 20.7 Å². The number of urea groups is 1. The SMILES string of the molecule is CCCOCCc1ccc(OCC(O)CNCCNC(=O)Nc2ccc3cn[nH]c3c2)cc1. The molecule has 1 atom stereocenters. The van der Waals surface area contributed by atoms with Crippen molar-refractivity contribution in [1.82, 2.24) is 20.8 Å². The Morgan fingerprint density at radius 3 is 2.82 bits per heavy atom. The van der Waals surface area contributed by atoms with Crippen molar-refractivity contribution in [3.05, 3.63) is 54.2 Å². The Morgan fingerprint density at radius 1 is 1.15 bits per heavy atom. The van der Waals surface area contributed by atoms with E-state index in [1.807, 2.05) is 42.5 Å². The van der Waals surface area contributed by atoms with E-state index in [9.17, 15) is 9.90 Å². The molecule has 0 radical (unpaired) electrons. The summed E-state index contributed by atoms with van der Waals surface area (Å²) in [6, 6.07) is 13.1. The number of nitrogens with zero attached hydrogens (tertiary/aromatic N) is 1.